The largest absolute Gasteiger partial charge is 0.339 e. The molecule has 0 spiro atoms. The van der Waals surface area contributed by atoms with E-state index >= 15 is 0 Å². The number of carbonyl (C=O) groups excluding carboxylic acids is 1. The molecule has 0 atom stereocenters. The van der Waals surface area contributed by atoms with E-state index in [4.69, 9.17) is 0 Å². The molecule has 1 fully saturated rings. The Morgan fingerprint density at radius 2 is 2.33 bits per heavy atom. The Labute approximate surface area is 87.9 Å². The molecule has 1 amide bonds. The van der Waals surface area contributed by atoms with Crippen LogP contribution < -0.4 is 0 Å². The second-order valence-corrected chi connectivity index (χ2v) is 3.86. The van der Waals surface area contributed by atoms with Gasteiger partial charge in [-0.25, -0.2) is 4.39 Å². The molecule has 1 aliphatic rings. The molecule has 0 unspecified atom stereocenters. The van der Waals surface area contributed by atoms with Gasteiger partial charge in [-0.2, -0.15) is 0 Å². The molecule has 1 aromatic rings. The molecular weight excluding hydrogens is 195 g/mol. The summed E-state index contributed by atoms with van der Waals surface area (Å²) in [6, 6.07) is 1.71. The average Bonchev–Trinajstić information content (AvgIpc) is 2.15. The van der Waals surface area contributed by atoms with Crippen molar-refractivity contribution >= 4 is 5.91 Å². The van der Waals surface area contributed by atoms with Crippen LogP contribution in [0.1, 0.15) is 29.6 Å². The van der Waals surface area contributed by atoms with Crippen molar-refractivity contribution in [3.63, 3.8) is 0 Å². The average molecular weight is 208 g/mol. The van der Waals surface area contributed by atoms with E-state index in [1.165, 1.54) is 12.3 Å². The molecule has 3 nitrogen and oxygen atoms in total. The Bertz CT molecular complexity index is 377. The van der Waals surface area contributed by atoms with Crippen LogP contribution in [0.15, 0.2) is 18.5 Å². The van der Waals surface area contributed by atoms with Crippen molar-refractivity contribution in [3.05, 3.63) is 29.8 Å². The quantitative estimate of drug-likeness (QED) is 0.743. The molecule has 0 bridgehead atoms. The second-order valence-electron chi connectivity index (χ2n) is 3.86. The number of pyridine rings is 1. The minimum Gasteiger partial charge on any atom is -0.339 e. The smallest absolute Gasteiger partial charge is 0.256 e. The summed E-state index contributed by atoms with van der Waals surface area (Å²) < 4.78 is 13.3. The van der Waals surface area contributed by atoms with Crippen LogP contribution in [0.25, 0.3) is 0 Å². The zero-order valence-electron chi connectivity index (χ0n) is 8.61. The summed E-state index contributed by atoms with van der Waals surface area (Å²) in [5.74, 6) is -0.798. The number of nitrogens with zero attached hydrogens (tertiary/aromatic N) is 2. The Balaban J connectivity index is 2.16. The molecule has 4 heteroatoms. The van der Waals surface area contributed by atoms with Crippen LogP contribution in [-0.2, 0) is 0 Å². The normalized spacial score (nSPS) is 15.9. The number of hydrogen-bond donors (Lipinski definition) is 0. The topological polar surface area (TPSA) is 33.2 Å². The molecular formula is C11H13FN2O. The lowest BCUT2D eigenvalue weighted by Crippen LogP contribution is -2.41. The minimum atomic E-state index is -0.548. The molecule has 15 heavy (non-hydrogen) atoms. The summed E-state index contributed by atoms with van der Waals surface area (Å²) in [6.07, 6.45) is 5.71. The van der Waals surface area contributed by atoms with Crippen molar-refractivity contribution in [3.8, 4) is 0 Å². The maximum absolute atomic E-state index is 13.3. The van der Waals surface area contributed by atoms with Crippen molar-refractivity contribution in [2.75, 3.05) is 7.05 Å². The van der Waals surface area contributed by atoms with Crippen molar-refractivity contribution < 1.29 is 9.18 Å². The first kappa shape index (κ1) is 10.1. The van der Waals surface area contributed by atoms with Gasteiger partial charge in [0, 0.05) is 19.3 Å². The lowest BCUT2D eigenvalue weighted by molar-refractivity contribution is 0.0647. The van der Waals surface area contributed by atoms with Crippen LogP contribution in [0.4, 0.5) is 4.39 Å². The molecule has 0 N–H and O–H groups in total. The van der Waals surface area contributed by atoms with Gasteiger partial charge in [0.1, 0.15) is 0 Å². The zero-order chi connectivity index (χ0) is 10.8. The third kappa shape index (κ3) is 1.84. The molecule has 0 aromatic carbocycles. The lowest BCUT2D eigenvalue weighted by atomic mass is 9.91. The fourth-order valence-corrected chi connectivity index (χ4v) is 1.68. The highest BCUT2D eigenvalue weighted by Crippen LogP contribution is 2.25. The van der Waals surface area contributed by atoms with Gasteiger partial charge in [0.15, 0.2) is 5.82 Å². The van der Waals surface area contributed by atoms with Gasteiger partial charge >= 0.3 is 0 Å². The molecule has 80 valence electrons. The van der Waals surface area contributed by atoms with E-state index < -0.39 is 5.82 Å². The van der Waals surface area contributed by atoms with Gasteiger partial charge in [-0.1, -0.05) is 0 Å². The first-order valence-electron chi connectivity index (χ1n) is 5.07. The fraction of sp³-hybridized carbons (Fsp3) is 0.455. The van der Waals surface area contributed by atoms with Gasteiger partial charge in [-0.3, -0.25) is 9.78 Å². The summed E-state index contributed by atoms with van der Waals surface area (Å²) in [7, 11) is 1.73. The Morgan fingerprint density at radius 1 is 1.60 bits per heavy atom. The Hall–Kier alpha value is -1.45. The maximum atomic E-state index is 13.3. The molecule has 0 radical (unpaired) electrons. The number of amides is 1. The number of carbonyl (C=O) groups is 1. The minimum absolute atomic E-state index is 0.111. The fourth-order valence-electron chi connectivity index (χ4n) is 1.68. The van der Waals surface area contributed by atoms with Crippen LogP contribution in [-0.4, -0.2) is 28.9 Å². The van der Waals surface area contributed by atoms with Crippen LogP contribution >= 0.6 is 0 Å². The highest BCUT2D eigenvalue weighted by atomic mass is 19.1. The summed E-state index contributed by atoms with van der Waals surface area (Å²) in [6.45, 7) is 0. The van der Waals surface area contributed by atoms with Gasteiger partial charge in [0.05, 0.1) is 11.8 Å². The predicted molar refractivity (Wildman–Crippen MR) is 53.9 cm³/mol. The van der Waals surface area contributed by atoms with Gasteiger partial charge in [-0.15, -0.1) is 0 Å². The summed E-state index contributed by atoms with van der Waals surface area (Å²) >= 11 is 0. The highest BCUT2D eigenvalue weighted by molar-refractivity contribution is 5.94. The van der Waals surface area contributed by atoms with E-state index in [9.17, 15) is 9.18 Å². The molecule has 1 aromatic heterocycles. The van der Waals surface area contributed by atoms with E-state index in [0.29, 0.717) is 0 Å². The predicted octanol–water partition coefficient (Wildman–Crippen LogP) is 1.85. The number of aromatic nitrogens is 1. The Kier molecular flexibility index (Phi) is 2.66. The van der Waals surface area contributed by atoms with Crippen molar-refractivity contribution in [2.24, 2.45) is 0 Å². The standard InChI is InChI=1S/C11H13FN2O/c1-14(8-3-2-4-8)11(15)9-5-6-13-7-10(9)12/h5-8H,2-4H2,1H3. The van der Waals surface area contributed by atoms with Gasteiger partial charge in [0.25, 0.3) is 5.91 Å². The van der Waals surface area contributed by atoms with E-state index in [2.05, 4.69) is 4.98 Å². The monoisotopic (exact) mass is 208 g/mol. The van der Waals surface area contributed by atoms with E-state index in [-0.39, 0.29) is 17.5 Å². The van der Waals surface area contributed by atoms with E-state index in [1.807, 2.05) is 0 Å². The second kappa shape index (κ2) is 3.96. The van der Waals surface area contributed by atoms with Gasteiger partial charge in [0.2, 0.25) is 0 Å². The van der Waals surface area contributed by atoms with E-state index in [1.54, 1.807) is 11.9 Å². The molecule has 1 saturated carbocycles. The number of hydrogen-bond acceptors (Lipinski definition) is 2. The van der Waals surface area contributed by atoms with Crippen molar-refractivity contribution in [1.82, 2.24) is 9.88 Å². The third-order valence-electron chi connectivity index (χ3n) is 2.95. The van der Waals surface area contributed by atoms with Crippen LogP contribution in [0.3, 0.4) is 0 Å². The van der Waals surface area contributed by atoms with Gasteiger partial charge in [-0.05, 0) is 25.3 Å². The van der Waals surface area contributed by atoms with Crippen molar-refractivity contribution in [2.45, 2.75) is 25.3 Å². The highest BCUT2D eigenvalue weighted by Gasteiger charge is 2.27. The van der Waals surface area contributed by atoms with Crippen LogP contribution in [0.5, 0.6) is 0 Å². The summed E-state index contributed by atoms with van der Waals surface area (Å²) in [5, 5.41) is 0. The third-order valence-corrected chi connectivity index (χ3v) is 2.95. The molecule has 1 aliphatic carbocycles. The Morgan fingerprint density at radius 3 is 2.87 bits per heavy atom. The SMILES string of the molecule is CN(C(=O)c1ccncc1F)C1CCC1. The first-order valence-corrected chi connectivity index (χ1v) is 5.07. The summed E-state index contributed by atoms with van der Waals surface area (Å²) in [4.78, 5) is 17.1. The zero-order valence-corrected chi connectivity index (χ0v) is 8.61. The van der Waals surface area contributed by atoms with E-state index in [0.717, 1.165) is 25.5 Å². The summed E-state index contributed by atoms with van der Waals surface area (Å²) in [5.41, 5.74) is 0.111. The van der Waals surface area contributed by atoms with Gasteiger partial charge < -0.3 is 4.90 Å². The number of halogens is 1. The number of rotatable bonds is 2. The van der Waals surface area contributed by atoms with Crippen LogP contribution in [0, 0.1) is 5.82 Å². The molecule has 0 saturated heterocycles. The molecule has 0 aliphatic heterocycles. The van der Waals surface area contributed by atoms with Crippen molar-refractivity contribution in [1.29, 1.82) is 0 Å². The molecule has 2 rings (SSSR count). The first-order chi connectivity index (χ1) is 7.20. The van der Waals surface area contributed by atoms with Crippen LogP contribution in [0.2, 0.25) is 0 Å². The maximum Gasteiger partial charge on any atom is 0.256 e. The molecule has 1 heterocycles. The lowest BCUT2D eigenvalue weighted by Gasteiger charge is -2.34.